The highest BCUT2D eigenvalue weighted by Crippen LogP contribution is 2.35. The van der Waals surface area contributed by atoms with Crippen LogP contribution < -0.4 is 5.32 Å². The number of halogens is 4. The second-order valence-electron chi connectivity index (χ2n) is 3.96. The first-order valence-corrected chi connectivity index (χ1v) is 7.40. The molecule has 0 spiro atoms. The standard InChI is InChI=1S/C12H11BrF3N3S/c1-2-17-10(8-4-3-7(13)5-18-8)9-6-19-11(20-9)12(14,15)16/h3-6,10,17H,2H2,1H3. The van der Waals surface area contributed by atoms with Gasteiger partial charge in [-0.1, -0.05) is 6.92 Å². The van der Waals surface area contributed by atoms with Crippen molar-refractivity contribution in [3.05, 3.63) is 44.6 Å². The van der Waals surface area contributed by atoms with Gasteiger partial charge in [0.05, 0.1) is 11.7 Å². The van der Waals surface area contributed by atoms with Crippen LogP contribution in [0, 0.1) is 0 Å². The molecule has 2 heterocycles. The summed E-state index contributed by atoms with van der Waals surface area (Å²) in [5.74, 6) is 0. The van der Waals surface area contributed by atoms with Crippen LogP contribution in [-0.2, 0) is 6.18 Å². The van der Waals surface area contributed by atoms with E-state index in [9.17, 15) is 13.2 Å². The largest absolute Gasteiger partial charge is 0.443 e. The number of nitrogens with zero attached hydrogens (tertiary/aromatic N) is 2. The molecular formula is C12H11BrF3N3S. The Labute approximate surface area is 126 Å². The summed E-state index contributed by atoms with van der Waals surface area (Å²) in [6, 6.07) is 3.18. The Balaban J connectivity index is 2.33. The highest BCUT2D eigenvalue weighted by molar-refractivity contribution is 9.10. The highest BCUT2D eigenvalue weighted by atomic mass is 79.9. The molecule has 0 radical (unpaired) electrons. The molecule has 0 bridgehead atoms. The molecule has 0 fully saturated rings. The summed E-state index contributed by atoms with van der Waals surface area (Å²) in [4.78, 5) is 8.18. The van der Waals surface area contributed by atoms with E-state index in [4.69, 9.17) is 0 Å². The van der Waals surface area contributed by atoms with Crippen LogP contribution in [-0.4, -0.2) is 16.5 Å². The zero-order valence-corrected chi connectivity index (χ0v) is 12.8. The number of rotatable bonds is 4. The minimum absolute atomic E-state index is 0.387. The molecule has 0 aliphatic heterocycles. The summed E-state index contributed by atoms with van der Waals surface area (Å²) >= 11 is 3.92. The smallest absolute Gasteiger partial charge is 0.305 e. The van der Waals surface area contributed by atoms with E-state index >= 15 is 0 Å². The van der Waals surface area contributed by atoms with Crippen LogP contribution >= 0.6 is 27.3 Å². The summed E-state index contributed by atoms with van der Waals surface area (Å²) < 4.78 is 38.7. The SMILES string of the molecule is CCNC(c1ccc(Br)cn1)c1cnc(C(F)(F)F)s1. The van der Waals surface area contributed by atoms with Crippen molar-refractivity contribution >= 4 is 27.3 Å². The fourth-order valence-corrected chi connectivity index (χ4v) is 2.77. The number of nitrogens with one attached hydrogen (secondary N) is 1. The third kappa shape index (κ3) is 3.56. The second kappa shape index (κ2) is 6.19. The number of aromatic nitrogens is 2. The predicted molar refractivity (Wildman–Crippen MR) is 74.6 cm³/mol. The number of hydrogen-bond donors (Lipinski definition) is 1. The Morgan fingerprint density at radius 1 is 1.30 bits per heavy atom. The summed E-state index contributed by atoms with van der Waals surface area (Å²) in [5, 5.41) is 2.28. The zero-order valence-electron chi connectivity index (χ0n) is 10.4. The van der Waals surface area contributed by atoms with Crippen LogP contribution in [0.25, 0.3) is 0 Å². The van der Waals surface area contributed by atoms with Gasteiger partial charge in [-0.2, -0.15) is 13.2 Å². The van der Waals surface area contributed by atoms with Gasteiger partial charge in [-0.3, -0.25) is 4.98 Å². The number of alkyl halides is 3. The first-order valence-electron chi connectivity index (χ1n) is 5.79. The topological polar surface area (TPSA) is 37.8 Å². The molecule has 1 atom stereocenters. The molecule has 2 rings (SSSR count). The van der Waals surface area contributed by atoms with Crippen LogP contribution in [0.4, 0.5) is 13.2 Å². The molecule has 0 aromatic carbocycles. The van der Waals surface area contributed by atoms with Crippen LogP contribution in [0.15, 0.2) is 29.0 Å². The maximum absolute atomic E-state index is 12.6. The van der Waals surface area contributed by atoms with Crippen molar-refractivity contribution in [1.29, 1.82) is 0 Å². The van der Waals surface area contributed by atoms with Crippen LogP contribution in [0.5, 0.6) is 0 Å². The van der Waals surface area contributed by atoms with Crippen molar-refractivity contribution in [3.8, 4) is 0 Å². The molecule has 0 saturated carbocycles. The predicted octanol–water partition coefficient (Wildman–Crippen LogP) is 4.02. The number of thiazole rings is 1. The van der Waals surface area contributed by atoms with Gasteiger partial charge in [0, 0.05) is 21.7 Å². The van der Waals surface area contributed by atoms with E-state index in [2.05, 4.69) is 31.2 Å². The van der Waals surface area contributed by atoms with Gasteiger partial charge in [0.1, 0.15) is 0 Å². The molecule has 1 N–H and O–H groups in total. The summed E-state index contributed by atoms with van der Waals surface area (Å²) in [6.45, 7) is 2.50. The maximum Gasteiger partial charge on any atom is 0.443 e. The third-order valence-corrected chi connectivity index (χ3v) is 4.08. The lowest BCUT2D eigenvalue weighted by atomic mass is 10.1. The van der Waals surface area contributed by atoms with Crippen LogP contribution in [0.1, 0.15) is 28.5 Å². The van der Waals surface area contributed by atoms with Gasteiger partial charge in [0.25, 0.3) is 0 Å². The van der Waals surface area contributed by atoms with E-state index in [1.54, 1.807) is 18.3 Å². The average Bonchev–Trinajstić information content (AvgIpc) is 2.86. The van der Waals surface area contributed by atoms with Gasteiger partial charge in [-0.05, 0) is 34.6 Å². The molecule has 2 aromatic rings. The molecule has 0 aliphatic rings. The molecule has 2 aromatic heterocycles. The first-order chi connectivity index (χ1) is 9.41. The fraction of sp³-hybridized carbons (Fsp3) is 0.333. The maximum atomic E-state index is 12.6. The van der Waals surface area contributed by atoms with Gasteiger partial charge < -0.3 is 5.32 Å². The lowest BCUT2D eigenvalue weighted by molar-refractivity contribution is -0.137. The lowest BCUT2D eigenvalue weighted by Gasteiger charge is -2.15. The summed E-state index contributed by atoms with van der Waals surface area (Å²) in [7, 11) is 0. The lowest BCUT2D eigenvalue weighted by Crippen LogP contribution is -2.22. The molecule has 0 amide bonds. The van der Waals surface area contributed by atoms with E-state index < -0.39 is 11.2 Å². The van der Waals surface area contributed by atoms with Gasteiger partial charge in [0.2, 0.25) is 0 Å². The van der Waals surface area contributed by atoms with Crippen molar-refractivity contribution in [2.24, 2.45) is 0 Å². The van der Waals surface area contributed by atoms with Crippen LogP contribution in [0.2, 0.25) is 0 Å². The van der Waals surface area contributed by atoms with E-state index in [1.165, 1.54) is 6.20 Å². The normalized spacial score (nSPS) is 13.4. The third-order valence-electron chi connectivity index (χ3n) is 2.50. The molecule has 0 aliphatic carbocycles. The molecule has 0 saturated heterocycles. The van der Waals surface area contributed by atoms with E-state index in [0.717, 1.165) is 4.47 Å². The van der Waals surface area contributed by atoms with Crippen molar-refractivity contribution in [2.75, 3.05) is 6.54 Å². The Kier molecular flexibility index (Phi) is 4.77. The van der Waals surface area contributed by atoms with Crippen molar-refractivity contribution < 1.29 is 13.2 Å². The highest BCUT2D eigenvalue weighted by Gasteiger charge is 2.35. The molecule has 1 unspecified atom stereocenters. The Bertz CT molecular complexity index is 568. The molecule has 3 nitrogen and oxygen atoms in total. The summed E-state index contributed by atoms with van der Waals surface area (Å²) in [6.07, 6.45) is -1.54. The molecule has 20 heavy (non-hydrogen) atoms. The molecular weight excluding hydrogens is 355 g/mol. The Hall–Kier alpha value is -0.990. The van der Waals surface area contributed by atoms with E-state index in [-0.39, 0.29) is 6.04 Å². The minimum Gasteiger partial charge on any atom is -0.305 e. The quantitative estimate of drug-likeness (QED) is 0.888. The van der Waals surface area contributed by atoms with Gasteiger partial charge in [-0.25, -0.2) is 4.98 Å². The van der Waals surface area contributed by atoms with Gasteiger partial charge in [0.15, 0.2) is 5.01 Å². The van der Waals surface area contributed by atoms with Crippen molar-refractivity contribution in [3.63, 3.8) is 0 Å². The van der Waals surface area contributed by atoms with Gasteiger partial charge in [-0.15, -0.1) is 11.3 Å². The number of hydrogen-bond acceptors (Lipinski definition) is 4. The van der Waals surface area contributed by atoms with Gasteiger partial charge >= 0.3 is 6.18 Å². The monoisotopic (exact) mass is 365 g/mol. The number of pyridine rings is 1. The average molecular weight is 366 g/mol. The summed E-state index contributed by atoms with van der Waals surface area (Å²) in [5.41, 5.74) is 0.660. The Morgan fingerprint density at radius 2 is 2.05 bits per heavy atom. The zero-order chi connectivity index (χ0) is 14.8. The van der Waals surface area contributed by atoms with E-state index in [0.29, 0.717) is 28.5 Å². The minimum atomic E-state index is -4.41. The first kappa shape index (κ1) is 15.4. The van der Waals surface area contributed by atoms with Crippen molar-refractivity contribution in [2.45, 2.75) is 19.1 Å². The fourth-order valence-electron chi connectivity index (χ4n) is 1.66. The molecule has 108 valence electrons. The van der Waals surface area contributed by atoms with E-state index in [1.807, 2.05) is 6.92 Å². The van der Waals surface area contributed by atoms with Crippen molar-refractivity contribution in [1.82, 2.24) is 15.3 Å². The second-order valence-corrected chi connectivity index (χ2v) is 5.94. The van der Waals surface area contributed by atoms with Crippen LogP contribution in [0.3, 0.4) is 0 Å². The molecule has 8 heteroatoms. The Morgan fingerprint density at radius 3 is 2.55 bits per heavy atom.